The number of rotatable bonds is 3. The van der Waals surface area contributed by atoms with Crippen LogP contribution in [0, 0.1) is 23.7 Å². The van der Waals surface area contributed by atoms with Crippen molar-refractivity contribution in [3.8, 4) is 0 Å². The van der Waals surface area contributed by atoms with Gasteiger partial charge in [-0.15, -0.1) is 0 Å². The minimum absolute atomic E-state index is 0. The molecule has 12 heavy (non-hydrogen) atoms. The Bertz CT molecular complexity index is 107. The average molecular weight is 170 g/mol. The van der Waals surface area contributed by atoms with Crippen LogP contribution < -0.4 is 0 Å². The summed E-state index contributed by atoms with van der Waals surface area (Å²) >= 11 is 0. The molecule has 0 bridgehead atoms. The molecule has 0 aromatic carbocycles. The summed E-state index contributed by atoms with van der Waals surface area (Å²) in [4.78, 5) is 0. The van der Waals surface area contributed by atoms with Crippen LogP contribution in [-0.2, 0) is 0 Å². The molecule has 0 atom stereocenters. The van der Waals surface area contributed by atoms with Gasteiger partial charge in [-0.25, -0.2) is 0 Å². The Balaban J connectivity index is 0.00000121. The summed E-state index contributed by atoms with van der Waals surface area (Å²) in [6.07, 6.45) is 4.48. The number of hydrogen-bond acceptors (Lipinski definition) is 0. The molecule has 0 nitrogen and oxygen atoms in total. The van der Waals surface area contributed by atoms with Crippen molar-refractivity contribution < 1.29 is 0 Å². The van der Waals surface area contributed by atoms with Crippen LogP contribution in [0.15, 0.2) is 0 Å². The van der Waals surface area contributed by atoms with Gasteiger partial charge in [-0.2, -0.15) is 0 Å². The van der Waals surface area contributed by atoms with Crippen LogP contribution in [0.25, 0.3) is 0 Å². The van der Waals surface area contributed by atoms with Gasteiger partial charge in [0.15, 0.2) is 0 Å². The molecule has 0 unspecified atom stereocenters. The van der Waals surface area contributed by atoms with Crippen molar-refractivity contribution in [1.29, 1.82) is 0 Å². The molecule has 1 aliphatic carbocycles. The minimum Gasteiger partial charge on any atom is -0.0776 e. The largest absolute Gasteiger partial charge is 0.0776 e. The highest BCUT2D eigenvalue weighted by Crippen LogP contribution is 2.41. The predicted octanol–water partition coefficient (Wildman–Crippen LogP) is 4.35. The topological polar surface area (TPSA) is 0 Å². The van der Waals surface area contributed by atoms with Crippen molar-refractivity contribution >= 4 is 0 Å². The van der Waals surface area contributed by atoms with E-state index in [1.807, 2.05) is 0 Å². The molecule has 1 aliphatic rings. The van der Waals surface area contributed by atoms with Crippen molar-refractivity contribution in [2.24, 2.45) is 23.7 Å². The van der Waals surface area contributed by atoms with E-state index in [-0.39, 0.29) is 7.43 Å². The third-order valence-electron chi connectivity index (χ3n) is 3.02. The zero-order valence-electron chi connectivity index (χ0n) is 8.43. The van der Waals surface area contributed by atoms with Gasteiger partial charge in [0, 0.05) is 0 Å². The molecule has 0 heterocycles. The van der Waals surface area contributed by atoms with E-state index in [0.29, 0.717) is 0 Å². The van der Waals surface area contributed by atoms with Crippen molar-refractivity contribution in [3.05, 3.63) is 0 Å². The molecule has 74 valence electrons. The summed E-state index contributed by atoms with van der Waals surface area (Å²) in [7, 11) is 0. The lowest BCUT2D eigenvalue weighted by Gasteiger charge is -2.39. The van der Waals surface area contributed by atoms with E-state index in [4.69, 9.17) is 0 Å². The van der Waals surface area contributed by atoms with Crippen LogP contribution in [0.3, 0.4) is 0 Å². The Morgan fingerprint density at radius 3 is 1.92 bits per heavy atom. The highest BCUT2D eigenvalue weighted by atomic mass is 14.4. The van der Waals surface area contributed by atoms with E-state index in [1.165, 1.54) is 19.3 Å². The van der Waals surface area contributed by atoms with Crippen LogP contribution in [0.5, 0.6) is 0 Å². The first-order valence-electron chi connectivity index (χ1n) is 5.09. The zero-order valence-corrected chi connectivity index (χ0v) is 8.43. The van der Waals surface area contributed by atoms with E-state index in [0.717, 1.165) is 23.7 Å². The van der Waals surface area contributed by atoms with Crippen molar-refractivity contribution in [2.45, 2.75) is 54.4 Å². The second-order valence-corrected chi connectivity index (χ2v) is 4.97. The molecular formula is C12H26. The molecule has 0 aromatic rings. The second-order valence-electron chi connectivity index (χ2n) is 4.97. The first kappa shape index (κ1) is 12.0. The SMILES string of the molecule is C.CC(C)CC1CC(C(C)C)C1. The quantitative estimate of drug-likeness (QED) is 0.590. The monoisotopic (exact) mass is 170 g/mol. The van der Waals surface area contributed by atoms with Gasteiger partial charge < -0.3 is 0 Å². The van der Waals surface area contributed by atoms with Gasteiger partial charge >= 0.3 is 0 Å². The number of hydrogen-bond donors (Lipinski definition) is 0. The lowest BCUT2D eigenvalue weighted by Crippen LogP contribution is -2.28. The molecule has 1 fully saturated rings. The third-order valence-corrected chi connectivity index (χ3v) is 3.02. The molecule has 0 spiro atoms. The average Bonchev–Trinajstić information content (AvgIpc) is 1.75. The molecule has 1 saturated carbocycles. The first-order valence-corrected chi connectivity index (χ1v) is 5.09. The maximum Gasteiger partial charge on any atom is -0.0386 e. The smallest absolute Gasteiger partial charge is 0.0386 e. The molecule has 0 aromatic heterocycles. The molecule has 0 radical (unpaired) electrons. The Labute approximate surface area is 78.8 Å². The summed E-state index contributed by atoms with van der Waals surface area (Å²) in [6, 6.07) is 0. The van der Waals surface area contributed by atoms with E-state index in [9.17, 15) is 0 Å². The van der Waals surface area contributed by atoms with E-state index < -0.39 is 0 Å². The standard InChI is InChI=1S/C11H22.CH4/c1-8(2)5-10-6-11(7-10)9(3)4;/h8-11H,5-7H2,1-4H3;1H4. The van der Waals surface area contributed by atoms with E-state index in [1.54, 1.807) is 0 Å². The van der Waals surface area contributed by atoms with Gasteiger partial charge in [-0.05, 0) is 42.9 Å². The Hall–Kier alpha value is 0. The minimum atomic E-state index is 0. The lowest BCUT2D eigenvalue weighted by molar-refractivity contribution is 0.122. The molecule has 0 aliphatic heterocycles. The summed E-state index contributed by atoms with van der Waals surface area (Å²) < 4.78 is 0. The third kappa shape index (κ3) is 3.16. The summed E-state index contributed by atoms with van der Waals surface area (Å²) in [5.74, 6) is 3.97. The van der Waals surface area contributed by atoms with Crippen LogP contribution in [-0.4, -0.2) is 0 Å². The molecule has 0 amide bonds. The highest BCUT2D eigenvalue weighted by Gasteiger charge is 2.30. The molecule has 0 heteroatoms. The van der Waals surface area contributed by atoms with Crippen LogP contribution in [0.1, 0.15) is 54.4 Å². The summed E-state index contributed by atoms with van der Waals surface area (Å²) in [5, 5.41) is 0. The van der Waals surface area contributed by atoms with E-state index >= 15 is 0 Å². The van der Waals surface area contributed by atoms with Crippen molar-refractivity contribution in [1.82, 2.24) is 0 Å². The van der Waals surface area contributed by atoms with Crippen LogP contribution >= 0.6 is 0 Å². The van der Waals surface area contributed by atoms with Crippen LogP contribution in [0.4, 0.5) is 0 Å². The molecule has 0 N–H and O–H groups in total. The molecule has 0 saturated heterocycles. The molecular weight excluding hydrogens is 144 g/mol. The van der Waals surface area contributed by atoms with E-state index in [2.05, 4.69) is 27.7 Å². The van der Waals surface area contributed by atoms with Gasteiger partial charge in [0.1, 0.15) is 0 Å². The second kappa shape index (κ2) is 4.89. The van der Waals surface area contributed by atoms with Crippen molar-refractivity contribution in [2.75, 3.05) is 0 Å². The fourth-order valence-electron chi connectivity index (χ4n) is 2.19. The van der Waals surface area contributed by atoms with Crippen LogP contribution in [0.2, 0.25) is 0 Å². The lowest BCUT2D eigenvalue weighted by atomic mass is 9.67. The van der Waals surface area contributed by atoms with Gasteiger partial charge in [-0.1, -0.05) is 35.1 Å². The molecule has 1 rings (SSSR count). The maximum atomic E-state index is 2.36. The van der Waals surface area contributed by atoms with Crippen molar-refractivity contribution in [3.63, 3.8) is 0 Å². The Kier molecular flexibility index (Phi) is 4.89. The normalized spacial score (nSPS) is 28.5. The van der Waals surface area contributed by atoms with Gasteiger partial charge in [-0.3, -0.25) is 0 Å². The Morgan fingerprint density at radius 2 is 1.58 bits per heavy atom. The van der Waals surface area contributed by atoms with Gasteiger partial charge in [0.2, 0.25) is 0 Å². The summed E-state index contributed by atoms with van der Waals surface area (Å²) in [6.45, 7) is 9.39. The summed E-state index contributed by atoms with van der Waals surface area (Å²) in [5.41, 5.74) is 0. The van der Waals surface area contributed by atoms with Gasteiger partial charge in [0.05, 0.1) is 0 Å². The fourth-order valence-corrected chi connectivity index (χ4v) is 2.19. The predicted molar refractivity (Wildman–Crippen MR) is 57.2 cm³/mol. The maximum absolute atomic E-state index is 2.36. The zero-order chi connectivity index (χ0) is 8.43. The Morgan fingerprint density at radius 1 is 1.08 bits per heavy atom. The van der Waals surface area contributed by atoms with Gasteiger partial charge in [0.25, 0.3) is 0 Å². The highest BCUT2D eigenvalue weighted by molar-refractivity contribution is 4.81. The first-order chi connectivity index (χ1) is 5.09. The fraction of sp³-hybridized carbons (Fsp3) is 1.00.